The standard InChI is InChI=1S/C15H21N3O3/c1-10-4-2-5-11(9-8-10)17-15(19)12-6-3-7-13(14(12)16)18(20)21/h3,6-7,10-11H,2,4-5,8-9,16H2,1H3,(H,17,19). The van der Waals surface area contributed by atoms with Crippen LogP contribution in [0.5, 0.6) is 0 Å². The maximum Gasteiger partial charge on any atom is 0.292 e. The zero-order valence-electron chi connectivity index (χ0n) is 12.2. The molecule has 2 rings (SSSR count). The maximum atomic E-state index is 12.3. The molecule has 2 unspecified atom stereocenters. The van der Waals surface area contributed by atoms with E-state index in [1.54, 1.807) is 0 Å². The fraction of sp³-hybridized carbons (Fsp3) is 0.533. The van der Waals surface area contributed by atoms with Crippen molar-refractivity contribution in [2.45, 2.75) is 45.1 Å². The summed E-state index contributed by atoms with van der Waals surface area (Å²) in [6.45, 7) is 2.22. The number of benzene rings is 1. The second-order valence-electron chi connectivity index (χ2n) is 5.78. The summed E-state index contributed by atoms with van der Waals surface area (Å²) in [4.78, 5) is 22.6. The first-order chi connectivity index (χ1) is 9.99. The smallest absolute Gasteiger partial charge is 0.292 e. The average molecular weight is 291 g/mol. The third-order valence-corrected chi connectivity index (χ3v) is 4.12. The van der Waals surface area contributed by atoms with E-state index in [1.807, 2.05) is 0 Å². The highest BCUT2D eigenvalue weighted by molar-refractivity contribution is 6.01. The lowest BCUT2D eigenvalue weighted by atomic mass is 10.0. The summed E-state index contributed by atoms with van der Waals surface area (Å²) in [5.41, 5.74) is 5.63. The molecule has 0 spiro atoms. The van der Waals surface area contributed by atoms with Crippen LogP contribution in [0.3, 0.4) is 0 Å². The number of para-hydroxylation sites is 1. The van der Waals surface area contributed by atoms with Gasteiger partial charge < -0.3 is 11.1 Å². The molecular formula is C15H21N3O3. The van der Waals surface area contributed by atoms with Crippen molar-refractivity contribution < 1.29 is 9.72 Å². The van der Waals surface area contributed by atoms with Crippen molar-refractivity contribution in [2.75, 3.05) is 5.73 Å². The number of nitrogen functional groups attached to an aromatic ring is 1. The molecule has 1 aliphatic carbocycles. The summed E-state index contributed by atoms with van der Waals surface area (Å²) in [7, 11) is 0. The predicted molar refractivity (Wildman–Crippen MR) is 81.0 cm³/mol. The molecule has 114 valence electrons. The van der Waals surface area contributed by atoms with Crippen molar-refractivity contribution >= 4 is 17.3 Å². The highest BCUT2D eigenvalue weighted by atomic mass is 16.6. The Morgan fingerprint density at radius 2 is 2.10 bits per heavy atom. The Morgan fingerprint density at radius 1 is 1.33 bits per heavy atom. The lowest BCUT2D eigenvalue weighted by Crippen LogP contribution is -2.34. The third kappa shape index (κ3) is 3.71. The lowest BCUT2D eigenvalue weighted by molar-refractivity contribution is -0.383. The molecule has 1 amide bonds. The summed E-state index contributed by atoms with van der Waals surface area (Å²) in [6, 6.07) is 4.44. The minimum Gasteiger partial charge on any atom is -0.393 e. The number of nitrogens with two attached hydrogens (primary N) is 1. The van der Waals surface area contributed by atoms with Gasteiger partial charge in [-0.2, -0.15) is 0 Å². The van der Waals surface area contributed by atoms with E-state index in [-0.39, 0.29) is 28.9 Å². The Labute approximate surface area is 123 Å². The molecule has 2 atom stereocenters. The zero-order chi connectivity index (χ0) is 15.4. The molecule has 3 N–H and O–H groups in total. The Bertz CT molecular complexity index is 545. The first-order valence-electron chi connectivity index (χ1n) is 7.32. The van der Waals surface area contributed by atoms with Gasteiger partial charge in [-0.25, -0.2) is 0 Å². The Hall–Kier alpha value is -2.11. The van der Waals surface area contributed by atoms with Crippen molar-refractivity contribution in [3.63, 3.8) is 0 Å². The van der Waals surface area contributed by atoms with Gasteiger partial charge in [0.15, 0.2) is 0 Å². The molecule has 0 aromatic heterocycles. The van der Waals surface area contributed by atoms with E-state index >= 15 is 0 Å². The Morgan fingerprint density at radius 3 is 2.81 bits per heavy atom. The molecule has 0 saturated heterocycles. The second kappa shape index (κ2) is 6.56. The zero-order valence-corrected chi connectivity index (χ0v) is 12.2. The molecule has 0 bridgehead atoms. The van der Waals surface area contributed by atoms with E-state index in [0.29, 0.717) is 5.92 Å². The minimum atomic E-state index is -0.570. The van der Waals surface area contributed by atoms with Gasteiger partial charge in [0.2, 0.25) is 0 Å². The van der Waals surface area contributed by atoms with Gasteiger partial charge in [0.25, 0.3) is 11.6 Å². The third-order valence-electron chi connectivity index (χ3n) is 4.12. The number of nitro groups is 1. The normalized spacial score (nSPS) is 22.3. The van der Waals surface area contributed by atoms with Crippen LogP contribution in [0.25, 0.3) is 0 Å². The van der Waals surface area contributed by atoms with Gasteiger partial charge in [-0.1, -0.05) is 25.8 Å². The van der Waals surface area contributed by atoms with Gasteiger partial charge in [0.1, 0.15) is 5.69 Å². The van der Waals surface area contributed by atoms with Crippen LogP contribution in [0.1, 0.15) is 49.4 Å². The largest absolute Gasteiger partial charge is 0.393 e. The molecule has 6 nitrogen and oxygen atoms in total. The van der Waals surface area contributed by atoms with Crippen LogP contribution in [0, 0.1) is 16.0 Å². The molecule has 1 saturated carbocycles. The minimum absolute atomic E-state index is 0.0676. The van der Waals surface area contributed by atoms with Gasteiger partial charge in [0, 0.05) is 12.1 Å². The first kappa shape index (κ1) is 15.3. The van der Waals surface area contributed by atoms with Crippen LogP contribution in [0.4, 0.5) is 11.4 Å². The number of nitrogens with zero attached hydrogens (tertiary/aromatic N) is 1. The number of nitro benzene ring substituents is 1. The van der Waals surface area contributed by atoms with Crippen LogP contribution in [-0.4, -0.2) is 16.9 Å². The Balaban J connectivity index is 2.10. The van der Waals surface area contributed by atoms with E-state index in [4.69, 9.17) is 5.73 Å². The second-order valence-corrected chi connectivity index (χ2v) is 5.78. The van der Waals surface area contributed by atoms with Gasteiger partial charge in [-0.15, -0.1) is 0 Å². The molecule has 1 aromatic carbocycles. The summed E-state index contributed by atoms with van der Waals surface area (Å²) in [5.74, 6) is 0.366. The van der Waals surface area contributed by atoms with Gasteiger partial charge in [0.05, 0.1) is 10.5 Å². The molecule has 0 heterocycles. The van der Waals surface area contributed by atoms with E-state index in [1.165, 1.54) is 24.6 Å². The maximum absolute atomic E-state index is 12.3. The van der Waals surface area contributed by atoms with Crippen molar-refractivity contribution in [1.29, 1.82) is 0 Å². The van der Waals surface area contributed by atoms with Crippen LogP contribution >= 0.6 is 0 Å². The van der Waals surface area contributed by atoms with Crippen LogP contribution in [0.2, 0.25) is 0 Å². The molecule has 1 aromatic rings. The summed E-state index contributed by atoms with van der Waals surface area (Å²) in [6.07, 6.45) is 5.27. The molecule has 6 heteroatoms. The van der Waals surface area contributed by atoms with E-state index in [2.05, 4.69) is 12.2 Å². The number of amides is 1. The SMILES string of the molecule is CC1CCCC(NC(=O)c2cccc([N+](=O)[O-])c2N)CC1. The highest BCUT2D eigenvalue weighted by Gasteiger charge is 2.22. The van der Waals surface area contributed by atoms with Crippen molar-refractivity contribution in [3.05, 3.63) is 33.9 Å². The fourth-order valence-corrected chi connectivity index (χ4v) is 2.80. The molecule has 0 radical (unpaired) electrons. The monoisotopic (exact) mass is 291 g/mol. The Kier molecular flexibility index (Phi) is 4.77. The lowest BCUT2D eigenvalue weighted by Gasteiger charge is -2.17. The number of carbonyl (C=O) groups excluding carboxylic acids is 1. The van der Waals surface area contributed by atoms with Gasteiger partial charge in [-0.3, -0.25) is 14.9 Å². The molecule has 21 heavy (non-hydrogen) atoms. The summed E-state index contributed by atoms with van der Waals surface area (Å²) >= 11 is 0. The number of anilines is 1. The van der Waals surface area contributed by atoms with Gasteiger partial charge in [-0.05, 0) is 31.2 Å². The number of rotatable bonds is 3. The molecule has 0 aliphatic heterocycles. The first-order valence-corrected chi connectivity index (χ1v) is 7.32. The topological polar surface area (TPSA) is 98.3 Å². The molecule has 1 aliphatic rings. The number of nitrogens with one attached hydrogen (secondary N) is 1. The average Bonchev–Trinajstić information content (AvgIpc) is 2.63. The van der Waals surface area contributed by atoms with Gasteiger partial charge >= 0.3 is 0 Å². The van der Waals surface area contributed by atoms with Crippen molar-refractivity contribution in [2.24, 2.45) is 5.92 Å². The number of hydrogen-bond donors (Lipinski definition) is 2. The van der Waals surface area contributed by atoms with Crippen LogP contribution < -0.4 is 11.1 Å². The summed E-state index contributed by atoms with van der Waals surface area (Å²) in [5, 5.41) is 13.8. The summed E-state index contributed by atoms with van der Waals surface area (Å²) < 4.78 is 0. The van der Waals surface area contributed by atoms with E-state index in [9.17, 15) is 14.9 Å². The van der Waals surface area contributed by atoms with E-state index in [0.717, 1.165) is 25.7 Å². The quantitative estimate of drug-likeness (QED) is 0.387. The van der Waals surface area contributed by atoms with Crippen LogP contribution in [-0.2, 0) is 0 Å². The fourth-order valence-electron chi connectivity index (χ4n) is 2.80. The molecule has 1 fully saturated rings. The predicted octanol–water partition coefficient (Wildman–Crippen LogP) is 2.88. The van der Waals surface area contributed by atoms with E-state index < -0.39 is 4.92 Å². The molecular weight excluding hydrogens is 270 g/mol. The van der Waals surface area contributed by atoms with Crippen molar-refractivity contribution in [1.82, 2.24) is 5.32 Å². The highest BCUT2D eigenvalue weighted by Crippen LogP contribution is 2.26. The number of carbonyl (C=O) groups is 1. The number of hydrogen-bond acceptors (Lipinski definition) is 4. The van der Waals surface area contributed by atoms with Crippen molar-refractivity contribution in [3.8, 4) is 0 Å². The van der Waals surface area contributed by atoms with Crippen LogP contribution in [0.15, 0.2) is 18.2 Å².